The number of nitrogens with one attached hydrogen (secondary N) is 2. The highest BCUT2D eigenvalue weighted by Crippen LogP contribution is 2.29. The lowest BCUT2D eigenvalue weighted by atomic mass is 9.87. The molecule has 9 nitrogen and oxygen atoms in total. The van der Waals surface area contributed by atoms with Crippen molar-refractivity contribution in [2.45, 2.75) is 51.8 Å². The molecule has 0 amide bonds. The van der Waals surface area contributed by atoms with Gasteiger partial charge >= 0.3 is 5.69 Å². The molecule has 1 aliphatic carbocycles. The molecule has 1 fully saturated rings. The van der Waals surface area contributed by atoms with E-state index in [-0.39, 0.29) is 17.6 Å². The van der Waals surface area contributed by atoms with Gasteiger partial charge in [0.15, 0.2) is 0 Å². The number of aliphatic hydroxyl groups excluding tert-OH is 1. The first-order valence-electron chi connectivity index (χ1n) is 12.0. The van der Waals surface area contributed by atoms with Crippen molar-refractivity contribution < 1.29 is 10.0 Å². The maximum atomic E-state index is 11.5. The first-order chi connectivity index (χ1) is 16.9. The third-order valence-electron chi connectivity index (χ3n) is 6.70. The molecule has 0 atom stereocenters. The lowest BCUT2D eigenvalue weighted by Crippen LogP contribution is -2.24. The van der Waals surface area contributed by atoms with Crippen LogP contribution in [-0.4, -0.2) is 32.6 Å². The maximum Gasteiger partial charge on any atom is 0.329 e. The number of nitro groups is 1. The Bertz CT molecular complexity index is 1180. The molecule has 3 aromatic rings. The number of aromatic nitrogens is 2. The molecule has 1 aliphatic rings. The average Bonchev–Trinajstić information content (AvgIpc) is 2.87. The number of aliphatic hydroxyl groups is 1. The van der Waals surface area contributed by atoms with Crippen molar-refractivity contribution in [2.75, 3.05) is 17.2 Å². The summed E-state index contributed by atoms with van der Waals surface area (Å²) in [5, 5.41) is 27.6. The predicted molar refractivity (Wildman–Crippen MR) is 137 cm³/mol. The summed E-state index contributed by atoms with van der Waals surface area (Å²) in [6, 6.07) is 14.3. The van der Waals surface area contributed by atoms with E-state index in [2.05, 4.69) is 45.7 Å². The predicted octanol–water partition coefficient (Wildman–Crippen LogP) is 4.39. The fourth-order valence-electron chi connectivity index (χ4n) is 4.54. The molecular formula is C26H32N6O3. The third kappa shape index (κ3) is 6.12. The van der Waals surface area contributed by atoms with Crippen molar-refractivity contribution in [2.24, 2.45) is 11.7 Å². The van der Waals surface area contributed by atoms with Crippen LogP contribution in [0.15, 0.2) is 48.7 Å². The third-order valence-corrected chi connectivity index (χ3v) is 6.70. The molecule has 1 aromatic heterocycles. The van der Waals surface area contributed by atoms with Crippen molar-refractivity contribution >= 4 is 17.5 Å². The summed E-state index contributed by atoms with van der Waals surface area (Å²) in [4.78, 5) is 19.6. The summed E-state index contributed by atoms with van der Waals surface area (Å²) in [5.74, 6) is 0.891. The SMILES string of the molecule is Cc1c(CNc2ncc([N+](=O)[O-])c(NCC3CCC(O)CC3)n2)cccc1-c1cccc(CN)c1. The second-order valence-electron chi connectivity index (χ2n) is 9.09. The molecule has 2 aromatic carbocycles. The number of nitrogens with zero attached hydrogens (tertiary/aromatic N) is 3. The zero-order valence-corrected chi connectivity index (χ0v) is 19.9. The van der Waals surface area contributed by atoms with Crippen LogP contribution in [0.5, 0.6) is 0 Å². The molecule has 1 heterocycles. The Kier molecular flexibility index (Phi) is 7.89. The number of anilines is 2. The Balaban J connectivity index is 1.47. The van der Waals surface area contributed by atoms with Crippen LogP contribution in [-0.2, 0) is 13.1 Å². The van der Waals surface area contributed by atoms with E-state index in [0.29, 0.717) is 31.5 Å². The minimum atomic E-state index is -0.472. The second kappa shape index (κ2) is 11.2. The lowest BCUT2D eigenvalue weighted by molar-refractivity contribution is -0.384. The van der Waals surface area contributed by atoms with Crippen LogP contribution in [0.3, 0.4) is 0 Å². The molecule has 0 spiro atoms. The van der Waals surface area contributed by atoms with E-state index >= 15 is 0 Å². The Labute approximate surface area is 205 Å². The summed E-state index contributed by atoms with van der Waals surface area (Å²) < 4.78 is 0. The molecule has 1 saturated carbocycles. The van der Waals surface area contributed by atoms with E-state index in [1.807, 2.05) is 24.3 Å². The highest BCUT2D eigenvalue weighted by atomic mass is 16.6. The van der Waals surface area contributed by atoms with Gasteiger partial charge in [0.1, 0.15) is 6.20 Å². The van der Waals surface area contributed by atoms with Gasteiger partial charge in [-0.2, -0.15) is 4.98 Å². The highest BCUT2D eigenvalue weighted by Gasteiger charge is 2.22. The van der Waals surface area contributed by atoms with Gasteiger partial charge in [-0.15, -0.1) is 0 Å². The minimum Gasteiger partial charge on any atom is -0.393 e. The Morgan fingerprint density at radius 2 is 1.91 bits per heavy atom. The molecule has 0 radical (unpaired) electrons. The molecule has 4 rings (SSSR count). The van der Waals surface area contributed by atoms with Crippen LogP contribution in [0.25, 0.3) is 11.1 Å². The van der Waals surface area contributed by atoms with Crippen LogP contribution in [0.1, 0.15) is 42.4 Å². The van der Waals surface area contributed by atoms with Gasteiger partial charge in [-0.25, -0.2) is 4.98 Å². The Hall–Kier alpha value is -3.56. The van der Waals surface area contributed by atoms with Crippen LogP contribution < -0.4 is 16.4 Å². The maximum absolute atomic E-state index is 11.5. The summed E-state index contributed by atoms with van der Waals surface area (Å²) in [7, 11) is 0. The van der Waals surface area contributed by atoms with Gasteiger partial charge in [-0.3, -0.25) is 10.1 Å². The smallest absolute Gasteiger partial charge is 0.329 e. The van der Waals surface area contributed by atoms with E-state index in [4.69, 9.17) is 5.73 Å². The van der Waals surface area contributed by atoms with E-state index < -0.39 is 4.92 Å². The van der Waals surface area contributed by atoms with E-state index in [1.54, 1.807) is 0 Å². The van der Waals surface area contributed by atoms with Gasteiger partial charge < -0.3 is 21.5 Å². The molecule has 0 bridgehead atoms. The average molecular weight is 477 g/mol. The molecule has 5 N–H and O–H groups in total. The minimum absolute atomic E-state index is 0.149. The van der Waals surface area contributed by atoms with Gasteiger partial charge in [0.25, 0.3) is 0 Å². The first kappa shape index (κ1) is 24.6. The zero-order chi connectivity index (χ0) is 24.8. The number of benzene rings is 2. The summed E-state index contributed by atoms with van der Waals surface area (Å²) in [6.45, 7) is 3.62. The lowest BCUT2D eigenvalue weighted by Gasteiger charge is -2.25. The topological polar surface area (TPSA) is 139 Å². The van der Waals surface area contributed by atoms with Gasteiger partial charge in [-0.05, 0) is 72.4 Å². The van der Waals surface area contributed by atoms with Crippen molar-refractivity contribution in [3.63, 3.8) is 0 Å². The van der Waals surface area contributed by atoms with Gasteiger partial charge in [-0.1, -0.05) is 36.4 Å². The van der Waals surface area contributed by atoms with Crippen LogP contribution in [0.4, 0.5) is 17.5 Å². The quantitative estimate of drug-likeness (QED) is 0.263. The van der Waals surface area contributed by atoms with Gasteiger partial charge in [0.05, 0.1) is 11.0 Å². The van der Waals surface area contributed by atoms with Crippen molar-refractivity contribution in [1.82, 2.24) is 9.97 Å². The summed E-state index contributed by atoms with van der Waals surface area (Å²) >= 11 is 0. The fraction of sp³-hybridized carbons (Fsp3) is 0.385. The Morgan fingerprint density at radius 1 is 1.14 bits per heavy atom. The van der Waals surface area contributed by atoms with Crippen molar-refractivity contribution in [3.8, 4) is 11.1 Å². The summed E-state index contributed by atoms with van der Waals surface area (Å²) in [6.07, 6.45) is 4.32. The number of hydrogen-bond acceptors (Lipinski definition) is 8. The fourth-order valence-corrected chi connectivity index (χ4v) is 4.54. The number of rotatable bonds is 9. The van der Waals surface area contributed by atoms with Crippen LogP contribution >= 0.6 is 0 Å². The van der Waals surface area contributed by atoms with Crippen LogP contribution in [0.2, 0.25) is 0 Å². The highest BCUT2D eigenvalue weighted by molar-refractivity contribution is 5.69. The van der Waals surface area contributed by atoms with Crippen molar-refractivity contribution in [3.05, 3.63) is 75.5 Å². The first-order valence-corrected chi connectivity index (χ1v) is 12.0. The monoisotopic (exact) mass is 476 g/mol. The van der Waals surface area contributed by atoms with Crippen molar-refractivity contribution in [1.29, 1.82) is 0 Å². The second-order valence-corrected chi connectivity index (χ2v) is 9.09. The molecule has 0 saturated heterocycles. The van der Waals surface area contributed by atoms with Gasteiger partial charge in [0, 0.05) is 19.6 Å². The standard InChI is InChI=1S/C26H32N6O3/c1-17-21(6-3-7-23(17)20-5-2-4-19(12-20)13-27)15-29-26-30-16-24(32(34)35)25(31-26)28-14-18-8-10-22(33)11-9-18/h2-7,12,16,18,22,33H,8-11,13-15,27H2,1H3,(H2,28,29,30,31). The zero-order valence-electron chi connectivity index (χ0n) is 19.9. The molecule has 0 unspecified atom stereocenters. The molecular weight excluding hydrogens is 444 g/mol. The Morgan fingerprint density at radius 3 is 2.66 bits per heavy atom. The van der Waals surface area contributed by atoms with Crippen LogP contribution in [0, 0.1) is 23.0 Å². The summed E-state index contributed by atoms with van der Waals surface area (Å²) in [5.41, 5.74) is 11.2. The van der Waals surface area contributed by atoms with E-state index in [9.17, 15) is 15.2 Å². The van der Waals surface area contributed by atoms with Gasteiger partial charge in [0.2, 0.25) is 11.8 Å². The molecule has 184 valence electrons. The number of nitrogens with two attached hydrogens (primary N) is 1. The molecule has 35 heavy (non-hydrogen) atoms. The van der Waals surface area contributed by atoms with E-state index in [1.165, 1.54) is 6.20 Å². The molecule has 0 aliphatic heterocycles. The molecule has 9 heteroatoms. The number of hydrogen-bond donors (Lipinski definition) is 4. The normalized spacial score (nSPS) is 17.7. The largest absolute Gasteiger partial charge is 0.393 e. The van der Waals surface area contributed by atoms with E-state index in [0.717, 1.165) is 53.5 Å².